The van der Waals surface area contributed by atoms with Crippen LogP contribution in [0.2, 0.25) is 0 Å². The zero-order chi connectivity index (χ0) is 2.71. The van der Waals surface area contributed by atoms with Crippen molar-refractivity contribution in [3.63, 3.8) is 0 Å². The SMILES string of the molecule is C[O][Co+].[Cl-]. The van der Waals surface area contributed by atoms with Gasteiger partial charge in [-0.05, 0) is 0 Å². The van der Waals surface area contributed by atoms with Crippen LogP contribution in [0, 0.1) is 0 Å². The first-order chi connectivity index (χ1) is 1.41. The third-order valence-corrected chi connectivity index (χ3v) is 0. The summed E-state index contributed by atoms with van der Waals surface area (Å²) in [4.78, 5) is 0. The fourth-order valence-corrected chi connectivity index (χ4v) is 0. The van der Waals surface area contributed by atoms with Gasteiger partial charge in [-0.3, -0.25) is 0 Å². The van der Waals surface area contributed by atoms with E-state index < -0.39 is 0 Å². The van der Waals surface area contributed by atoms with Crippen molar-refractivity contribution in [3.8, 4) is 0 Å². The van der Waals surface area contributed by atoms with E-state index in [0.717, 1.165) is 0 Å². The molecule has 0 aliphatic carbocycles. The van der Waals surface area contributed by atoms with Gasteiger partial charge >= 0.3 is 27.0 Å². The van der Waals surface area contributed by atoms with E-state index in [0.29, 0.717) is 0 Å². The summed E-state index contributed by atoms with van der Waals surface area (Å²) in [5.74, 6) is 0. The van der Waals surface area contributed by atoms with E-state index in [1.54, 1.807) is 0 Å². The van der Waals surface area contributed by atoms with Crippen molar-refractivity contribution in [1.29, 1.82) is 0 Å². The average molecular weight is 125 g/mol. The molecule has 0 fully saturated rings. The third-order valence-electron chi connectivity index (χ3n) is 0. The first-order valence-corrected chi connectivity index (χ1v) is 0.969. The monoisotopic (exact) mass is 125 g/mol. The maximum Gasteiger partial charge on any atom is -1.00 e. The van der Waals surface area contributed by atoms with Crippen LogP contribution in [0.4, 0.5) is 0 Å². The molecule has 0 aromatic heterocycles. The van der Waals surface area contributed by atoms with Crippen LogP contribution in [0.5, 0.6) is 0 Å². The van der Waals surface area contributed by atoms with Crippen molar-refractivity contribution in [1.82, 2.24) is 0 Å². The Balaban J connectivity index is 0. The molecule has 0 heterocycles. The fraction of sp³-hybridized carbons (Fsp3) is 1.00. The first-order valence-electron chi connectivity index (χ1n) is 0.544. The Hall–Kier alpha value is 0.756. The topological polar surface area (TPSA) is 9.23 Å². The van der Waals surface area contributed by atoms with E-state index >= 15 is 0 Å². The zero-order valence-corrected chi connectivity index (χ0v) is 3.92. The van der Waals surface area contributed by atoms with E-state index in [-0.39, 0.29) is 12.4 Å². The van der Waals surface area contributed by atoms with E-state index in [1.165, 1.54) is 7.11 Å². The fourth-order valence-electron chi connectivity index (χ4n) is 0. The molecule has 29 valence electrons. The molecule has 4 heavy (non-hydrogen) atoms. The Kier molecular flexibility index (Phi) is 20.4. The van der Waals surface area contributed by atoms with Crippen molar-refractivity contribution in [2.45, 2.75) is 0 Å². The van der Waals surface area contributed by atoms with Gasteiger partial charge in [0.1, 0.15) is 0 Å². The Morgan fingerprint density at radius 3 is 1.75 bits per heavy atom. The molecule has 0 aromatic rings. The second-order valence-corrected chi connectivity index (χ2v) is 0.561. The second kappa shape index (κ2) is 9.25. The molecular weight excluding hydrogens is 122 g/mol. The van der Waals surface area contributed by atoms with Crippen LogP contribution in [-0.2, 0) is 19.9 Å². The standard InChI is InChI=1S/CH3O.ClH.Co/c1-2;;/h1H3;1H;/q-1;;+2/p-1. The molecule has 0 saturated heterocycles. The van der Waals surface area contributed by atoms with Crippen LogP contribution >= 0.6 is 0 Å². The van der Waals surface area contributed by atoms with Crippen molar-refractivity contribution in [2.75, 3.05) is 7.11 Å². The van der Waals surface area contributed by atoms with Crippen LogP contribution in [0.3, 0.4) is 0 Å². The normalized spacial score (nSPS) is 4.50. The molecule has 0 bridgehead atoms. The molecule has 0 atom stereocenters. The average Bonchev–Trinajstić information content (AvgIpc) is 0.918. The minimum atomic E-state index is 0. The summed E-state index contributed by atoms with van der Waals surface area (Å²) in [6, 6.07) is 0. The van der Waals surface area contributed by atoms with Crippen LogP contribution in [0.1, 0.15) is 0 Å². The van der Waals surface area contributed by atoms with E-state index in [2.05, 4.69) is 19.9 Å². The van der Waals surface area contributed by atoms with Gasteiger partial charge in [0.05, 0.1) is 0 Å². The number of rotatable bonds is 0. The molecule has 0 aromatic carbocycles. The van der Waals surface area contributed by atoms with Crippen molar-refractivity contribution in [2.24, 2.45) is 0 Å². The van der Waals surface area contributed by atoms with Gasteiger partial charge in [0.25, 0.3) is 0 Å². The predicted octanol–water partition coefficient (Wildman–Crippen LogP) is -2.90. The van der Waals surface area contributed by atoms with Crippen LogP contribution in [0.15, 0.2) is 0 Å². The predicted molar refractivity (Wildman–Crippen MR) is 7.01 cm³/mol. The van der Waals surface area contributed by atoms with Gasteiger partial charge in [0.15, 0.2) is 0 Å². The summed E-state index contributed by atoms with van der Waals surface area (Å²) < 4.78 is 3.94. The maximum atomic E-state index is 3.94. The quantitative estimate of drug-likeness (QED) is 0.338. The minimum absolute atomic E-state index is 0. The molecule has 0 unspecified atom stereocenters. The van der Waals surface area contributed by atoms with E-state index in [4.69, 9.17) is 0 Å². The van der Waals surface area contributed by atoms with Gasteiger partial charge in [-0.1, -0.05) is 0 Å². The summed E-state index contributed by atoms with van der Waals surface area (Å²) >= 11 is 3.33. The molecule has 0 aliphatic rings. The Morgan fingerprint density at radius 1 is 1.75 bits per heavy atom. The van der Waals surface area contributed by atoms with Gasteiger partial charge in [-0.15, -0.1) is 0 Å². The van der Waals surface area contributed by atoms with Crippen LogP contribution in [0.25, 0.3) is 0 Å². The number of hydrogen-bond donors (Lipinski definition) is 0. The summed E-state index contributed by atoms with van der Waals surface area (Å²) in [7, 11) is 1.49. The smallest absolute Gasteiger partial charge is 1.00 e. The molecular formula is CH3ClCoO. The largest absolute Gasteiger partial charge is 1.00 e. The molecule has 0 radical (unpaired) electrons. The minimum Gasteiger partial charge on any atom is -1.00 e. The molecule has 0 saturated carbocycles. The van der Waals surface area contributed by atoms with Crippen molar-refractivity contribution >= 4 is 0 Å². The van der Waals surface area contributed by atoms with Crippen LogP contribution in [-0.4, -0.2) is 7.11 Å². The van der Waals surface area contributed by atoms with Gasteiger partial charge in [-0.2, -0.15) is 0 Å². The Morgan fingerprint density at radius 2 is 1.75 bits per heavy atom. The van der Waals surface area contributed by atoms with Crippen LogP contribution < -0.4 is 12.4 Å². The summed E-state index contributed by atoms with van der Waals surface area (Å²) in [6.45, 7) is 0. The number of hydrogen-bond acceptors (Lipinski definition) is 1. The molecule has 0 N–H and O–H groups in total. The molecule has 0 spiro atoms. The van der Waals surface area contributed by atoms with E-state index in [9.17, 15) is 0 Å². The zero-order valence-electron chi connectivity index (χ0n) is 2.12. The van der Waals surface area contributed by atoms with Crippen molar-refractivity contribution < 1.29 is 32.3 Å². The van der Waals surface area contributed by atoms with E-state index in [1.807, 2.05) is 0 Å². The van der Waals surface area contributed by atoms with Crippen molar-refractivity contribution in [3.05, 3.63) is 0 Å². The third kappa shape index (κ3) is 14.9. The molecule has 0 aliphatic heterocycles. The summed E-state index contributed by atoms with van der Waals surface area (Å²) in [5.41, 5.74) is 0. The molecule has 0 rings (SSSR count). The Labute approximate surface area is 40.0 Å². The second-order valence-electron chi connectivity index (χ2n) is 0.136. The summed E-state index contributed by atoms with van der Waals surface area (Å²) in [5, 5.41) is 0. The number of halogens is 1. The van der Waals surface area contributed by atoms with Gasteiger partial charge in [0, 0.05) is 0 Å². The molecule has 1 nitrogen and oxygen atoms in total. The van der Waals surface area contributed by atoms with Gasteiger partial charge < -0.3 is 12.4 Å². The first kappa shape index (κ1) is 8.83. The molecule has 3 heteroatoms. The molecule has 0 amide bonds. The summed E-state index contributed by atoms with van der Waals surface area (Å²) in [6.07, 6.45) is 0. The Bertz CT molecular complexity index is 8.00. The van der Waals surface area contributed by atoms with Gasteiger partial charge in [0.2, 0.25) is 0 Å². The maximum absolute atomic E-state index is 3.94. The van der Waals surface area contributed by atoms with Gasteiger partial charge in [-0.25, -0.2) is 0 Å².